The van der Waals surface area contributed by atoms with E-state index in [0.29, 0.717) is 53.1 Å². The number of oxazole rings is 1. The first-order valence-electron chi connectivity index (χ1n) is 11.0. The van der Waals surface area contributed by atoms with Crippen molar-refractivity contribution < 1.29 is 27.9 Å². The number of nitrogens with zero attached hydrogens (tertiary/aromatic N) is 2. The molecule has 0 saturated carbocycles. The zero-order valence-electron chi connectivity index (χ0n) is 19.1. The van der Waals surface area contributed by atoms with Gasteiger partial charge in [0.1, 0.15) is 5.82 Å². The molecule has 4 rings (SSSR count). The molecule has 1 fully saturated rings. The molecule has 9 heteroatoms. The molecule has 2 aromatic carbocycles. The van der Waals surface area contributed by atoms with Crippen LogP contribution < -0.4 is 14.8 Å². The van der Waals surface area contributed by atoms with Crippen LogP contribution in [0.25, 0.3) is 11.3 Å². The van der Waals surface area contributed by atoms with Gasteiger partial charge < -0.3 is 24.1 Å². The third-order valence-electron chi connectivity index (χ3n) is 5.67. The number of aromatic nitrogens is 1. The minimum absolute atomic E-state index is 0.0923. The first kappa shape index (κ1) is 23.3. The number of methoxy groups -OCH3 is 2. The Balaban J connectivity index is 1.46. The Bertz CT molecular complexity index is 1170. The predicted octanol–water partition coefficient (Wildman–Crippen LogP) is 4.31. The molecule has 0 radical (unpaired) electrons. The third-order valence-corrected chi connectivity index (χ3v) is 5.67. The summed E-state index contributed by atoms with van der Waals surface area (Å²) in [6.45, 7) is 1.36. The van der Waals surface area contributed by atoms with E-state index in [1.54, 1.807) is 35.4 Å². The molecular weight excluding hydrogens is 441 g/mol. The Labute approximate surface area is 196 Å². The second-order valence-corrected chi connectivity index (χ2v) is 7.93. The van der Waals surface area contributed by atoms with Crippen molar-refractivity contribution >= 4 is 17.5 Å². The SMILES string of the molecule is COc1cc(NC(=O)CCc2ncc(-c3ccc(F)cc3)o2)c(C(=O)N2CCCC2)cc1OC. The topological polar surface area (TPSA) is 93.9 Å². The second kappa shape index (κ2) is 10.4. The average molecular weight is 467 g/mol. The summed E-state index contributed by atoms with van der Waals surface area (Å²) in [5.41, 5.74) is 1.40. The molecule has 1 N–H and O–H groups in total. The smallest absolute Gasteiger partial charge is 0.256 e. The summed E-state index contributed by atoms with van der Waals surface area (Å²) in [5.74, 6) is 0.903. The number of aryl methyl sites for hydroxylation is 1. The largest absolute Gasteiger partial charge is 0.493 e. The number of carbonyl (C=O) groups excluding carboxylic acids is 2. The third kappa shape index (κ3) is 5.19. The van der Waals surface area contributed by atoms with Crippen molar-refractivity contribution in [2.75, 3.05) is 32.6 Å². The van der Waals surface area contributed by atoms with Crippen molar-refractivity contribution in [2.24, 2.45) is 0 Å². The number of ether oxygens (including phenoxy) is 2. The van der Waals surface area contributed by atoms with Gasteiger partial charge in [-0.3, -0.25) is 9.59 Å². The fourth-order valence-electron chi connectivity index (χ4n) is 3.86. The molecule has 1 aliphatic rings. The van der Waals surface area contributed by atoms with Gasteiger partial charge in [0.25, 0.3) is 5.91 Å². The van der Waals surface area contributed by atoms with Gasteiger partial charge in [-0.1, -0.05) is 0 Å². The van der Waals surface area contributed by atoms with Crippen LogP contribution in [0.15, 0.2) is 47.0 Å². The van der Waals surface area contributed by atoms with Crippen molar-refractivity contribution in [1.82, 2.24) is 9.88 Å². The van der Waals surface area contributed by atoms with E-state index in [-0.39, 0.29) is 30.5 Å². The van der Waals surface area contributed by atoms with Gasteiger partial charge in [-0.25, -0.2) is 9.37 Å². The van der Waals surface area contributed by atoms with Gasteiger partial charge in [-0.05, 0) is 43.2 Å². The molecule has 0 atom stereocenters. The average Bonchev–Trinajstić information content (AvgIpc) is 3.55. The van der Waals surface area contributed by atoms with Crippen LogP contribution in [0.2, 0.25) is 0 Å². The quantitative estimate of drug-likeness (QED) is 0.531. The first-order chi connectivity index (χ1) is 16.5. The van der Waals surface area contributed by atoms with Gasteiger partial charge in [-0.2, -0.15) is 0 Å². The molecule has 1 saturated heterocycles. The normalized spacial score (nSPS) is 13.1. The molecule has 0 aliphatic carbocycles. The van der Waals surface area contributed by atoms with E-state index >= 15 is 0 Å². The molecule has 0 bridgehead atoms. The minimum atomic E-state index is -0.335. The fourth-order valence-corrected chi connectivity index (χ4v) is 3.86. The molecule has 34 heavy (non-hydrogen) atoms. The van der Waals surface area contributed by atoms with Crippen molar-refractivity contribution in [3.63, 3.8) is 0 Å². The van der Waals surface area contributed by atoms with Gasteiger partial charge >= 0.3 is 0 Å². The lowest BCUT2D eigenvalue weighted by Crippen LogP contribution is -2.29. The van der Waals surface area contributed by atoms with Gasteiger partial charge in [0.15, 0.2) is 23.1 Å². The molecule has 178 valence electrons. The van der Waals surface area contributed by atoms with Crippen LogP contribution in [0.4, 0.5) is 10.1 Å². The highest BCUT2D eigenvalue weighted by Gasteiger charge is 2.25. The van der Waals surface area contributed by atoms with E-state index in [9.17, 15) is 14.0 Å². The lowest BCUT2D eigenvalue weighted by Gasteiger charge is -2.20. The maximum atomic E-state index is 13.1. The number of halogens is 1. The summed E-state index contributed by atoms with van der Waals surface area (Å²) in [6, 6.07) is 9.07. The number of hydrogen-bond donors (Lipinski definition) is 1. The fraction of sp³-hybridized carbons (Fsp3) is 0.320. The summed E-state index contributed by atoms with van der Waals surface area (Å²) >= 11 is 0. The molecule has 2 amide bonds. The zero-order valence-corrected chi connectivity index (χ0v) is 19.1. The summed E-state index contributed by atoms with van der Waals surface area (Å²) in [6.07, 6.45) is 3.81. The first-order valence-corrected chi connectivity index (χ1v) is 11.0. The van der Waals surface area contributed by atoms with E-state index < -0.39 is 0 Å². The van der Waals surface area contributed by atoms with E-state index in [4.69, 9.17) is 13.9 Å². The minimum Gasteiger partial charge on any atom is -0.493 e. The molecule has 1 aliphatic heterocycles. The van der Waals surface area contributed by atoms with E-state index in [1.807, 2.05) is 0 Å². The Kier molecular flexibility index (Phi) is 7.10. The van der Waals surface area contributed by atoms with Crippen molar-refractivity contribution in [2.45, 2.75) is 25.7 Å². The van der Waals surface area contributed by atoms with Crippen LogP contribution in [0.3, 0.4) is 0 Å². The van der Waals surface area contributed by atoms with E-state index in [2.05, 4.69) is 10.3 Å². The number of likely N-dealkylation sites (tertiary alicyclic amines) is 1. The monoisotopic (exact) mass is 467 g/mol. The lowest BCUT2D eigenvalue weighted by molar-refractivity contribution is -0.116. The molecule has 8 nitrogen and oxygen atoms in total. The maximum absolute atomic E-state index is 13.1. The Morgan fingerprint density at radius 2 is 1.76 bits per heavy atom. The van der Waals surface area contributed by atoms with Crippen LogP contribution in [0.1, 0.15) is 35.5 Å². The number of carbonyl (C=O) groups is 2. The lowest BCUT2D eigenvalue weighted by atomic mass is 10.1. The standard InChI is InChI=1S/C25H26FN3O5/c1-32-20-13-18(25(31)29-11-3-4-12-29)19(14-21(20)33-2)28-23(30)9-10-24-27-15-22(34-24)16-5-7-17(26)8-6-16/h5-8,13-15H,3-4,9-12H2,1-2H3,(H,28,30). The van der Waals surface area contributed by atoms with Gasteiger partial charge in [0.2, 0.25) is 5.91 Å². The number of nitrogens with one attached hydrogen (secondary N) is 1. The van der Waals surface area contributed by atoms with Crippen LogP contribution in [-0.4, -0.2) is 49.0 Å². The van der Waals surface area contributed by atoms with Gasteiger partial charge in [0.05, 0.1) is 31.7 Å². The van der Waals surface area contributed by atoms with Crippen molar-refractivity contribution in [3.8, 4) is 22.8 Å². The van der Waals surface area contributed by atoms with Crippen LogP contribution >= 0.6 is 0 Å². The summed E-state index contributed by atoms with van der Waals surface area (Å²) in [5, 5.41) is 2.82. The highest BCUT2D eigenvalue weighted by atomic mass is 19.1. The highest BCUT2D eigenvalue weighted by molar-refractivity contribution is 6.04. The van der Waals surface area contributed by atoms with Crippen LogP contribution in [0.5, 0.6) is 11.5 Å². The van der Waals surface area contributed by atoms with Gasteiger partial charge in [0, 0.05) is 37.6 Å². The van der Waals surface area contributed by atoms with E-state index in [1.165, 1.54) is 26.4 Å². The van der Waals surface area contributed by atoms with Gasteiger partial charge in [-0.15, -0.1) is 0 Å². The number of rotatable bonds is 8. The number of hydrogen-bond acceptors (Lipinski definition) is 6. The predicted molar refractivity (Wildman–Crippen MR) is 124 cm³/mol. The molecule has 2 heterocycles. The summed E-state index contributed by atoms with van der Waals surface area (Å²) in [7, 11) is 2.99. The highest BCUT2D eigenvalue weighted by Crippen LogP contribution is 2.34. The number of benzene rings is 2. The van der Waals surface area contributed by atoms with Crippen LogP contribution in [0, 0.1) is 5.82 Å². The number of amides is 2. The molecule has 0 spiro atoms. The molecule has 3 aromatic rings. The Morgan fingerprint density at radius 3 is 2.44 bits per heavy atom. The maximum Gasteiger partial charge on any atom is 0.256 e. The Hall–Kier alpha value is -3.88. The van der Waals surface area contributed by atoms with E-state index in [0.717, 1.165) is 12.8 Å². The second-order valence-electron chi connectivity index (χ2n) is 7.93. The van der Waals surface area contributed by atoms with Crippen molar-refractivity contribution in [3.05, 3.63) is 59.9 Å². The Morgan fingerprint density at radius 1 is 1.09 bits per heavy atom. The summed E-state index contributed by atoms with van der Waals surface area (Å²) in [4.78, 5) is 31.8. The summed E-state index contributed by atoms with van der Waals surface area (Å²) < 4.78 is 29.5. The zero-order chi connectivity index (χ0) is 24.1. The van der Waals surface area contributed by atoms with Crippen LogP contribution in [-0.2, 0) is 11.2 Å². The van der Waals surface area contributed by atoms with Crippen molar-refractivity contribution in [1.29, 1.82) is 0 Å². The molecule has 0 unspecified atom stereocenters. The molecule has 1 aromatic heterocycles. The number of anilines is 1. The molecular formula is C25H26FN3O5.